The Labute approximate surface area is 197 Å². The van der Waals surface area contributed by atoms with Crippen molar-refractivity contribution in [3.05, 3.63) is 35.5 Å². The predicted octanol–water partition coefficient (Wildman–Crippen LogP) is 7.46. The topological polar surface area (TPSA) is 52.6 Å². The Balaban J connectivity index is 2.82. The van der Waals surface area contributed by atoms with E-state index in [0.29, 0.717) is 19.3 Å². The van der Waals surface area contributed by atoms with E-state index in [0.717, 1.165) is 36.8 Å². The van der Waals surface area contributed by atoms with Gasteiger partial charge in [-0.25, -0.2) is 0 Å². The molecule has 0 radical (unpaired) electrons. The standard InChI is InChI=1S/C27H46O4Si/c1-8-9-12-15-23(31-32(6,7)27(2,3)4)20-18-22-19-21-25(28)24(22)16-13-10-11-14-17-26(29)30-5/h10,13,18,20,23H,8-9,11-12,14-17,19,21H2,1-7H3/b13-10+,20-18+. The summed E-state index contributed by atoms with van der Waals surface area (Å²) in [4.78, 5) is 23.6. The first-order valence-electron chi connectivity index (χ1n) is 12.3. The summed E-state index contributed by atoms with van der Waals surface area (Å²) in [6.07, 6.45) is 17.4. The van der Waals surface area contributed by atoms with Crippen molar-refractivity contribution >= 4 is 20.1 Å². The molecule has 0 spiro atoms. The van der Waals surface area contributed by atoms with Gasteiger partial charge in [0.1, 0.15) is 0 Å². The highest BCUT2D eigenvalue weighted by Crippen LogP contribution is 2.38. The van der Waals surface area contributed by atoms with Gasteiger partial charge in [-0.05, 0) is 55.8 Å². The van der Waals surface area contributed by atoms with Crippen LogP contribution in [0, 0.1) is 0 Å². The molecule has 1 aliphatic rings. The summed E-state index contributed by atoms with van der Waals surface area (Å²) in [5, 5.41) is 0.177. The molecule has 0 aliphatic heterocycles. The van der Waals surface area contributed by atoms with Crippen LogP contribution in [0.15, 0.2) is 35.5 Å². The number of rotatable bonds is 14. The first-order chi connectivity index (χ1) is 15.0. The quantitative estimate of drug-likeness (QED) is 0.116. The lowest BCUT2D eigenvalue weighted by Crippen LogP contribution is -2.43. The molecular weight excluding hydrogens is 416 g/mol. The highest BCUT2D eigenvalue weighted by molar-refractivity contribution is 6.74. The minimum absolute atomic E-state index is 0.112. The monoisotopic (exact) mass is 462 g/mol. The van der Waals surface area contributed by atoms with Crippen LogP contribution in [-0.2, 0) is 18.8 Å². The molecule has 0 fully saturated rings. The Morgan fingerprint density at radius 1 is 1.12 bits per heavy atom. The number of hydrogen-bond acceptors (Lipinski definition) is 4. The number of carbonyl (C=O) groups is 2. The third-order valence-corrected chi connectivity index (χ3v) is 11.2. The van der Waals surface area contributed by atoms with Gasteiger partial charge in [0, 0.05) is 18.4 Å². The molecule has 0 amide bonds. The molecule has 1 aliphatic carbocycles. The van der Waals surface area contributed by atoms with E-state index in [9.17, 15) is 9.59 Å². The zero-order chi connectivity index (χ0) is 24.2. The van der Waals surface area contributed by atoms with E-state index >= 15 is 0 Å². The molecule has 0 saturated carbocycles. The van der Waals surface area contributed by atoms with Gasteiger partial charge in [0.2, 0.25) is 0 Å². The van der Waals surface area contributed by atoms with Gasteiger partial charge in [0.15, 0.2) is 14.1 Å². The molecule has 4 nitrogen and oxygen atoms in total. The van der Waals surface area contributed by atoms with Crippen LogP contribution in [0.1, 0.15) is 91.9 Å². The SMILES string of the molecule is CCCCCC(/C=C/C1=C(C/C=C/CCCC(=O)OC)C(=O)CC1)O[Si](C)(C)C(C)(C)C. The van der Waals surface area contributed by atoms with Crippen LogP contribution >= 0.6 is 0 Å². The molecule has 0 aromatic rings. The maximum Gasteiger partial charge on any atom is 0.305 e. The molecule has 0 N–H and O–H groups in total. The molecule has 182 valence electrons. The van der Waals surface area contributed by atoms with Crippen LogP contribution in [0.4, 0.5) is 0 Å². The molecule has 0 aromatic carbocycles. The normalized spacial score (nSPS) is 16.5. The fourth-order valence-electron chi connectivity index (χ4n) is 3.51. The number of carbonyl (C=O) groups excluding carboxylic acids is 2. The fraction of sp³-hybridized carbons (Fsp3) is 0.704. The van der Waals surface area contributed by atoms with Crippen molar-refractivity contribution in [2.75, 3.05) is 7.11 Å². The molecule has 1 unspecified atom stereocenters. The lowest BCUT2D eigenvalue weighted by Gasteiger charge is -2.38. The molecule has 1 atom stereocenters. The Kier molecular flexibility index (Phi) is 12.4. The molecule has 0 bridgehead atoms. The van der Waals surface area contributed by atoms with Crippen LogP contribution in [0.5, 0.6) is 0 Å². The lowest BCUT2D eigenvalue weighted by atomic mass is 10.0. The van der Waals surface area contributed by atoms with E-state index in [2.05, 4.69) is 69.8 Å². The average molecular weight is 463 g/mol. The maximum absolute atomic E-state index is 12.4. The van der Waals surface area contributed by atoms with Gasteiger partial charge in [-0.1, -0.05) is 71.3 Å². The minimum atomic E-state index is -1.86. The van der Waals surface area contributed by atoms with E-state index in [1.807, 2.05) is 0 Å². The number of Topliss-reactive ketones (excluding diaryl/α,β-unsaturated/α-hetero) is 1. The summed E-state index contributed by atoms with van der Waals surface area (Å²) in [6, 6.07) is 0. The van der Waals surface area contributed by atoms with Gasteiger partial charge in [-0.15, -0.1) is 0 Å². The largest absolute Gasteiger partial charge is 0.469 e. The van der Waals surface area contributed by atoms with Crippen LogP contribution in [0.25, 0.3) is 0 Å². The molecule has 0 saturated heterocycles. The summed E-state index contributed by atoms with van der Waals surface area (Å²) in [5.74, 6) is 0.0876. The summed E-state index contributed by atoms with van der Waals surface area (Å²) in [6.45, 7) is 13.7. The maximum atomic E-state index is 12.4. The van der Waals surface area contributed by atoms with Crippen molar-refractivity contribution in [1.29, 1.82) is 0 Å². The molecule has 32 heavy (non-hydrogen) atoms. The minimum Gasteiger partial charge on any atom is -0.469 e. The number of esters is 1. The predicted molar refractivity (Wildman–Crippen MR) is 136 cm³/mol. The highest BCUT2D eigenvalue weighted by atomic mass is 28.4. The average Bonchev–Trinajstić information content (AvgIpc) is 3.07. The fourth-order valence-corrected chi connectivity index (χ4v) is 4.82. The molecular formula is C27H46O4Si. The van der Waals surface area contributed by atoms with Crippen molar-refractivity contribution in [3.8, 4) is 0 Å². The second-order valence-corrected chi connectivity index (χ2v) is 15.1. The van der Waals surface area contributed by atoms with Gasteiger partial charge < -0.3 is 9.16 Å². The third kappa shape index (κ3) is 9.99. The van der Waals surface area contributed by atoms with Gasteiger partial charge in [0.05, 0.1) is 13.2 Å². The van der Waals surface area contributed by atoms with E-state index in [4.69, 9.17) is 4.43 Å². The van der Waals surface area contributed by atoms with Gasteiger partial charge in [-0.3, -0.25) is 9.59 Å². The second-order valence-electron chi connectivity index (χ2n) is 10.3. The Morgan fingerprint density at radius 3 is 2.47 bits per heavy atom. The Morgan fingerprint density at radius 2 is 1.84 bits per heavy atom. The first-order valence-corrected chi connectivity index (χ1v) is 15.3. The number of ketones is 1. The summed E-state index contributed by atoms with van der Waals surface area (Å²) < 4.78 is 11.4. The third-order valence-electron chi connectivity index (χ3n) is 6.67. The van der Waals surface area contributed by atoms with Crippen LogP contribution < -0.4 is 0 Å². The van der Waals surface area contributed by atoms with Crippen molar-refractivity contribution in [2.45, 2.75) is 116 Å². The summed E-state index contributed by atoms with van der Waals surface area (Å²) in [7, 11) is -0.445. The van der Waals surface area contributed by atoms with E-state index in [-0.39, 0.29) is 22.9 Å². The van der Waals surface area contributed by atoms with Gasteiger partial charge in [-0.2, -0.15) is 0 Å². The molecule has 0 heterocycles. The lowest BCUT2D eigenvalue weighted by molar-refractivity contribution is -0.140. The summed E-state index contributed by atoms with van der Waals surface area (Å²) in [5.41, 5.74) is 2.10. The molecule has 1 rings (SSSR count). The summed E-state index contributed by atoms with van der Waals surface area (Å²) >= 11 is 0. The van der Waals surface area contributed by atoms with Crippen molar-refractivity contribution in [1.82, 2.24) is 0 Å². The Bertz CT molecular complexity index is 695. The van der Waals surface area contributed by atoms with Crippen LogP contribution in [0.3, 0.4) is 0 Å². The smallest absolute Gasteiger partial charge is 0.305 e. The van der Waals surface area contributed by atoms with Crippen molar-refractivity contribution in [3.63, 3.8) is 0 Å². The zero-order valence-corrected chi connectivity index (χ0v) is 22.6. The van der Waals surface area contributed by atoms with E-state index in [1.54, 1.807) is 0 Å². The number of methoxy groups -OCH3 is 1. The van der Waals surface area contributed by atoms with E-state index in [1.165, 1.54) is 26.4 Å². The van der Waals surface area contributed by atoms with E-state index < -0.39 is 8.32 Å². The van der Waals surface area contributed by atoms with Crippen LogP contribution in [-0.4, -0.2) is 33.3 Å². The first kappa shape index (κ1) is 28.6. The highest BCUT2D eigenvalue weighted by Gasteiger charge is 2.38. The number of ether oxygens (including phenoxy) is 1. The van der Waals surface area contributed by atoms with Gasteiger partial charge in [0.25, 0.3) is 0 Å². The zero-order valence-electron chi connectivity index (χ0n) is 21.6. The number of unbranched alkanes of at least 4 members (excludes halogenated alkanes) is 3. The number of allylic oxidation sites excluding steroid dienone is 5. The molecule has 5 heteroatoms. The second kappa shape index (κ2) is 13.9. The Hall–Kier alpha value is -1.46. The van der Waals surface area contributed by atoms with Crippen molar-refractivity contribution < 1.29 is 18.8 Å². The van der Waals surface area contributed by atoms with Crippen molar-refractivity contribution in [2.24, 2.45) is 0 Å². The number of hydrogen-bond donors (Lipinski definition) is 0. The van der Waals surface area contributed by atoms with Gasteiger partial charge >= 0.3 is 5.97 Å². The molecule has 0 aromatic heterocycles. The van der Waals surface area contributed by atoms with Crippen LogP contribution in [0.2, 0.25) is 18.1 Å².